The number of rotatable bonds is 8. The number of unbranched alkanes of at least 4 members (excludes halogenated alkanes) is 5. The Morgan fingerprint density at radius 1 is 1.00 bits per heavy atom. The summed E-state index contributed by atoms with van der Waals surface area (Å²) in [5, 5.41) is -0.603. The summed E-state index contributed by atoms with van der Waals surface area (Å²) in [7, 11) is 0. The minimum atomic E-state index is -0.603. The van der Waals surface area contributed by atoms with Crippen LogP contribution in [0.15, 0.2) is 0 Å². The molecule has 13 heavy (non-hydrogen) atoms. The number of thiol groups is 1. The van der Waals surface area contributed by atoms with Gasteiger partial charge in [-0.2, -0.15) is 0 Å². The van der Waals surface area contributed by atoms with Crippen molar-refractivity contribution in [1.29, 1.82) is 0 Å². The molecule has 2 nitrogen and oxygen atoms in total. The first-order chi connectivity index (χ1) is 6.18. The summed E-state index contributed by atoms with van der Waals surface area (Å²) >= 11 is 3.46. The number of carbonyl (C=O) groups excluding carboxylic acids is 2. The summed E-state index contributed by atoms with van der Waals surface area (Å²) in [6.45, 7) is 2.17. The monoisotopic (exact) mass is 202 g/mol. The normalized spacial score (nSPS) is 10.0. The van der Waals surface area contributed by atoms with Gasteiger partial charge in [-0.05, 0) is 6.42 Å². The van der Waals surface area contributed by atoms with Crippen LogP contribution in [0.2, 0.25) is 0 Å². The molecule has 0 aromatic carbocycles. The van der Waals surface area contributed by atoms with E-state index < -0.39 is 5.12 Å². The van der Waals surface area contributed by atoms with Gasteiger partial charge in [0.15, 0.2) is 0 Å². The molecule has 0 aromatic heterocycles. The van der Waals surface area contributed by atoms with Gasteiger partial charge in [0.1, 0.15) is 0 Å². The number of hydrogen-bond donors (Lipinski definition) is 1. The first-order valence-electron chi connectivity index (χ1n) is 4.94. The standard InChI is InChI=1S/C10H18O2S/c1-2-3-4-5-6-7-8-9(11)10(12)13/h2-8H2,1H3,(H,12,13). The minimum Gasteiger partial charge on any atom is -0.290 e. The molecule has 0 aromatic rings. The van der Waals surface area contributed by atoms with Crippen molar-refractivity contribution in [2.24, 2.45) is 0 Å². The summed E-state index contributed by atoms with van der Waals surface area (Å²) < 4.78 is 0. The average molecular weight is 202 g/mol. The molecule has 0 saturated heterocycles. The van der Waals surface area contributed by atoms with Crippen LogP contribution in [0.4, 0.5) is 0 Å². The van der Waals surface area contributed by atoms with Crippen LogP contribution in [0.25, 0.3) is 0 Å². The molecular formula is C10H18O2S. The Hall–Kier alpha value is -0.310. The Morgan fingerprint density at radius 3 is 2.08 bits per heavy atom. The van der Waals surface area contributed by atoms with E-state index in [2.05, 4.69) is 19.6 Å². The molecule has 0 radical (unpaired) electrons. The zero-order chi connectivity index (χ0) is 10.1. The van der Waals surface area contributed by atoms with E-state index in [1.807, 2.05) is 0 Å². The maximum atomic E-state index is 10.8. The van der Waals surface area contributed by atoms with Gasteiger partial charge in [-0.15, -0.1) is 0 Å². The lowest BCUT2D eigenvalue weighted by Gasteiger charge is -1.98. The fourth-order valence-corrected chi connectivity index (χ4v) is 1.28. The molecule has 0 bridgehead atoms. The van der Waals surface area contributed by atoms with Crippen LogP contribution < -0.4 is 0 Å². The zero-order valence-electron chi connectivity index (χ0n) is 8.21. The van der Waals surface area contributed by atoms with E-state index in [0.717, 1.165) is 12.8 Å². The fraction of sp³-hybridized carbons (Fsp3) is 0.800. The molecule has 0 atom stereocenters. The Bertz CT molecular complexity index is 166. The third kappa shape index (κ3) is 8.03. The Morgan fingerprint density at radius 2 is 1.54 bits per heavy atom. The van der Waals surface area contributed by atoms with Crippen LogP contribution in [-0.2, 0) is 9.59 Å². The van der Waals surface area contributed by atoms with Gasteiger partial charge in [-0.3, -0.25) is 9.59 Å². The van der Waals surface area contributed by atoms with Crippen LogP contribution in [0.1, 0.15) is 51.9 Å². The number of Topliss-reactive ketones (excluding diaryl/α,β-unsaturated/α-hetero) is 1. The van der Waals surface area contributed by atoms with Crippen molar-refractivity contribution in [3.63, 3.8) is 0 Å². The van der Waals surface area contributed by atoms with Crippen LogP contribution in [0, 0.1) is 0 Å². The van der Waals surface area contributed by atoms with Crippen molar-refractivity contribution >= 4 is 23.5 Å². The van der Waals surface area contributed by atoms with E-state index in [4.69, 9.17) is 0 Å². The van der Waals surface area contributed by atoms with Crippen molar-refractivity contribution < 1.29 is 9.59 Å². The minimum absolute atomic E-state index is 0.348. The van der Waals surface area contributed by atoms with E-state index in [1.165, 1.54) is 25.7 Å². The molecule has 0 spiro atoms. The molecule has 0 aliphatic carbocycles. The van der Waals surface area contributed by atoms with Crippen molar-refractivity contribution in [2.45, 2.75) is 51.9 Å². The topological polar surface area (TPSA) is 34.1 Å². The van der Waals surface area contributed by atoms with Crippen LogP contribution in [-0.4, -0.2) is 10.9 Å². The lowest BCUT2D eigenvalue weighted by molar-refractivity contribution is -0.131. The quantitative estimate of drug-likeness (QED) is 0.373. The summed E-state index contributed by atoms with van der Waals surface area (Å²) in [6, 6.07) is 0. The fourth-order valence-electron chi connectivity index (χ4n) is 1.17. The highest BCUT2D eigenvalue weighted by molar-refractivity contribution is 7.98. The third-order valence-corrected chi connectivity index (χ3v) is 2.25. The van der Waals surface area contributed by atoms with Gasteiger partial charge < -0.3 is 0 Å². The molecule has 0 aliphatic rings. The van der Waals surface area contributed by atoms with Crippen LogP contribution in [0.5, 0.6) is 0 Å². The van der Waals surface area contributed by atoms with E-state index in [1.54, 1.807) is 0 Å². The highest BCUT2D eigenvalue weighted by Gasteiger charge is 2.06. The number of ketones is 1. The van der Waals surface area contributed by atoms with Crippen LogP contribution in [0.3, 0.4) is 0 Å². The summed E-state index contributed by atoms with van der Waals surface area (Å²) in [5.74, 6) is -0.348. The molecular weight excluding hydrogens is 184 g/mol. The molecule has 0 aliphatic heterocycles. The van der Waals surface area contributed by atoms with Gasteiger partial charge in [-0.25, -0.2) is 0 Å². The Balaban J connectivity index is 3.16. The van der Waals surface area contributed by atoms with Crippen LogP contribution >= 0.6 is 12.6 Å². The van der Waals surface area contributed by atoms with Crippen molar-refractivity contribution in [1.82, 2.24) is 0 Å². The predicted molar refractivity (Wildman–Crippen MR) is 57.0 cm³/mol. The van der Waals surface area contributed by atoms with Gasteiger partial charge in [0.05, 0.1) is 0 Å². The van der Waals surface area contributed by atoms with E-state index in [9.17, 15) is 9.59 Å². The second kappa shape index (κ2) is 8.30. The Labute approximate surface area is 85.5 Å². The first-order valence-corrected chi connectivity index (χ1v) is 5.39. The smallest absolute Gasteiger partial charge is 0.251 e. The molecule has 0 unspecified atom stereocenters. The molecule has 0 fully saturated rings. The van der Waals surface area contributed by atoms with E-state index in [-0.39, 0.29) is 5.78 Å². The number of hydrogen-bond acceptors (Lipinski definition) is 2. The largest absolute Gasteiger partial charge is 0.290 e. The predicted octanol–water partition coefficient (Wildman–Crippen LogP) is 2.76. The lowest BCUT2D eigenvalue weighted by Crippen LogP contribution is -2.05. The lowest BCUT2D eigenvalue weighted by atomic mass is 10.1. The van der Waals surface area contributed by atoms with Crippen molar-refractivity contribution in [3.05, 3.63) is 0 Å². The molecule has 0 saturated carbocycles. The SMILES string of the molecule is CCCCCCCCC(=O)C(=O)S. The second-order valence-electron chi connectivity index (χ2n) is 3.25. The second-order valence-corrected chi connectivity index (χ2v) is 3.65. The Kier molecular flexibility index (Phi) is 8.10. The summed E-state index contributed by atoms with van der Waals surface area (Å²) in [5.41, 5.74) is 0. The van der Waals surface area contributed by atoms with E-state index >= 15 is 0 Å². The van der Waals surface area contributed by atoms with Crippen molar-refractivity contribution in [3.8, 4) is 0 Å². The molecule has 0 rings (SSSR count). The highest BCUT2D eigenvalue weighted by atomic mass is 32.1. The first kappa shape index (κ1) is 12.7. The maximum Gasteiger partial charge on any atom is 0.251 e. The highest BCUT2D eigenvalue weighted by Crippen LogP contribution is 2.07. The summed E-state index contributed by atoms with van der Waals surface area (Å²) in [4.78, 5) is 21.2. The average Bonchev–Trinajstić information content (AvgIpc) is 2.10. The molecule has 3 heteroatoms. The molecule has 76 valence electrons. The van der Waals surface area contributed by atoms with Gasteiger partial charge >= 0.3 is 0 Å². The van der Waals surface area contributed by atoms with Crippen molar-refractivity contribution in [2.75, 3.05) is 0 Å². The van der Waals surface area contributed by atoms with Gasteiger partial charge in [-0.1, -0.05) is 51.7 Å². The third-order valence-electron chi connectivity index (χ3n) is 2.00. The van der Waals surface area contributed by atoms with Gasteiger partial charge in [0, 0.05) is 6.42 Å². The van der Waals surface area contributed by atoms with Gasteiger partial charge in [0.25, 0.3) is 5.12 Å². The summed E-state index contributed by atoms with van der Waals surface area (Å²) in [6.07, 6.45) is 7.14. The number of carbonyl (C=O) groups is 2. The van der Waals surface area contributed by atoms with Gasteiger partial charge in [0.2, 0.25) is 5.78 Å². The maximum absolute atomic E-state index is 10.8. The molecule has 0 heterocycles. The molecule has 0 amide bonds. The molecule has 0 N–H and O–H groups in total. The van der Waals surface area contributed by atoms with E-state index in [0.29, 0.717) is 6.42 Å². The zero-order valence-corrected chi connectivity index (χ0v) is 9.11.